The molecule has 3 nitrogen and oxygen atoms in total. The Morgan fingerprint density at radius 2 is 1.84 bits per heavy atom. The van der Waals surface area contributed by atoms with Crippen LogP contribution in [0.25, 0.3) is 0 Å². The zero-order chi connectivity index (χ0) is 13.6. The molecule has 108 valence electrons. The monoisotopic (exact) mass is 264 g/mol. The lowest BCUT2D eigenvalue weighted by molar-refractivity contribution is -0.140. The van der Waals surface area contributed by atoms with E-state index in [-0.39, 0.29) is 5.54 Å². The summed E-state index contributed by atoms with van der Waals surface area (Å²) in [5, 5.41) is 3.49. The Morgan fingerprint density at radius 3 is 2.47 bits per heavy atom. The molecule has 0 aromatic rings. The summed E-state index contributed by atoms with van der Waals surface area (Å²) in [6, 6.07) is 0. The second-order valence-corrected chi connectivity index (χ2v) is 7.58. The fourth-order valence-corrected chi connectivity index (χ4v) is 4.52. The van der Waals surface area contributed by atoms with Gasteiger partial charge in [-0.3, -0.25) is 4.79 Å². The molecule has 3 fully saturated rings. The van der Waals surface area contributed by atoms with Gasteiger partial charge in [0.25, 0.3) is 0 Å². The number of carbonyl (C=O) groups excluding carboxylic acids is 1. The zero-order valence-corrected chi connectivity index (χ0v) is 12.6. The highest BCUT2D eigenvalue weighted by Crippen LogP contribution is 2.42. The van der Waals surface area contributed by atoms with Crippen molar-refractivity contribution in [2.75, 3.05) is 19.6 Å². The first-order valence-electron chi connectivity index (χ1n) is 8.02. The fourth-order valence-electron chi connectivity index (χ4n) is 4.52. The first kappa shape index (κ1) is 13.4. The van der Waals surface area contributed by atoms with Gasteiger partial charge in [-0.2, -0.15) is 0 Å². The Labute approximate surface area is 117 Å². The maximum atomic E-state index is 12.9. The van der Waals surface area contributed by atoms with Gasteiger partial charge < -0.3 is 10.2 Å². The maximum Gasteiger partial charge on any atom is 0.226 e. The summed E-state index contributed by atoms with van der Waals surface area (Å²) in [5.41, 5.74) is 0.0499. The SMILES string of the molecule is CC1CCC(C(=O)N2CC3CNCC3C2(C)C)CC1. The molecule has 2 saturated heterocycles. The van der Waals surface area contributed by atoms with Crippen molar-refractivity contribution < 1.29 is 4.79 Å². The van der Waals surface area contributed by atoms with Gasteiger partial charge in [-0.1, -0.05) is 6.92 Å². The predicted octanol–water partition coefficient (Wildman–Crippen LogP) is 2.27. The van der Waals surface area contributed by atoms with Gasteiger partial charge in [-0.05, 0) is 57.3 Å². The number of carbonyl (C=O) groups is 1. The van der Waals surface area contributed by atoms with Crippen molar-refractivity contribution in [3.8, 4) is 0 Å². The van der Waals surface area contributed by atoms with Gasteiger partial charge in [0.15, 0.2) is 0 Å². The maximum absolute atomic E-state index is 12.9. The summed E-state index contributed by atoms with van der Waals surface area (Å²) in [5.74, 6) is 2.91. The second-order valence-electron chi connectivity index (χ2n) is 7.58. The minimum absolute atomic E-state index is 0.0499. The molecule has 3 heteroatoms. The quantitative estimate of drug-likeness (QED) is 0.788. The molecule has 2 unspecified atom stereocenters. The Bertz CT molecular complexity index is 358. The van der Waals surface area contributed by atoms with E-state index in [9.17, 15) is 4.79 Å². The van der Waals surface area contributed by atoms with E-state index in [0.717, 1.165) is 38.4 Å². The van der Waals surface area contributed by atoms with Gasteiger partial charge in [0.2, 0.25) is 5.91 Å². The highest BCUT2D eigenvalue weighted by atomic mass is 16.2. The predicted molar refractivity (Wildman–Crippen MR) is 76.8 cm³/mol. The van der Waals surface area contributed by atoms with Crippen LogP contribution in [0.1, 0.15) is 46.5 Å². The Kier molecular flexibility index (Phi) is 3.36. The summed E-state index contributed by atoms with van der Waals surface area (Å²) < 4.78 is 0. The van der Waals surface area contributed by atoms with Crippen LogP contribution in [0.3, 0.4) is 0 Å². The van der Waals surface area contributed by atoms with Crippen molar-refractivity contribution in [2.45, 2.75) is 52.0 Å². The largest absolute Gasteiger partial charge is 0.337 e. The van der Waals surface area contributed by atoms with Crippen LogP contribution in [0.15, 0.2) is 0 Å². The molecule has 19 heavy (non-hydrogen) atoms. The van der Waals surface area contributed by atoms with Gasteiger partial charge >= 0.3 is 0 Å². The molecule has 3 rings (SSSR count). The van der Waals surface area contributed by atoms with Crippen molar-refractivity contribution in [2.24, 2.45) is 23.7 Å². The molecule has 2 aliphatic heterocycles. The van der Waals surface area contributed by atoms with Crippen LogP contribution in [0.4, 0.5) is 0 Å². The van der Waals surface area contributed by atoms with Crippen LogP contribution >= 0.6 is 0 Å². The minimum Gasteiger partial charge on any atom is -0.337 e. The van der Waals surface area contributed by atoms with E-state index in [0.29, 0.717) is 23.7 Å². The molecule has 1 amide bonds. The normalized spacial score (nSPS) is 41.3. The zero-order valence-electron chi connectivity index (χ0n) is 12.6. The molecule has 1 aliphatic carbocycles. The number of hydrogen-bond acceptors (Lipinski definition) is 2. The van der Waals surface area contributed by atoms with Gasteiger partial charge in [0, 0.05) is 31.1 Å². The van der Waals surface area contributed by atoms with Crippen molar-refractivity contribution in [3.05, 3.63) is 0 Å². The van der Waals surface area contributed by atoms with E-state index in [1.165, 1.54) is 12.8 Å². The van der Waals surface area contributed by atoms with E-state index < -0.39 is 0 Å². The molecular formula is C16H28N2O. The summed E-state index contributed by atoms with van der Waals surface area (Å²) in [4.78, 5) is 15.1. The highest BCUT2D eigenvalue weighted by Gasteiger charge is 2.52. The van der Waals surface area contributed by atoms with E-state index >= 15 is 0 Å². The van der Waals surface area contributed by atoms with Gasteiger partial charge in [0.1, 0.15) is 0 Å². The van der Waals surface area contributed by atoms with E-state index in [1.807, 2.05) is 0 Å². The molecule has 0 radical (unpaired) electrons. The number of likely N-dealkylation sites (tertiary alicyclic amines) is 1. The standard InChI is InChI=1S/C16H28N2O/c1-11-4-6-12(7-5-11)15(19)18-10-13-8-17-9-14(13)16(18,2)3/h11-14,17H,4-10H2,1-3H3. The van der Waals surface area contributed by atoms with Gasteiger partial charge in [0.05, 0.1) is 0 Å². The number of fused-ring (bicyclic) bond motifs is 1. The average Bonchev–Trinajstić information content (AvgIpc) is 2.92. The Hall–Kier alpha value is -0.570. The van der Waals surface area contributed by atoms with Crippen LogP contribution in [-0.4, -0.2) is 36.0 Å². The minimum atomic E-state index is 0.0499. The van der Waals surface area contributed by atoms with Gasteiger partial charge in [-0.25, -0.2) is 0 Å². The first-order chi connectivity index (χ1) is 9.00. The number of nitrogens with one attached hydrogen (secondary N) is 1. The van der Waals surface area contributed by atoms with Crippen molar-refractivity contribution in [3.63, 3.8) is 0 Å². The van der Waals surface area contributed by atoms with Crippen molar-refractivity contribution in [1.82, 2.24) is 10.2 Å². The molecule has 1 saturated carbocycles. The lowest BCUT2D eigenvalue weighted by Crippen LogP contribution is -2.50. The van der Waals surface area contributed by atoms with E-state index in [1.54, 1.807) is 0 Å². The number of hydrogen-bond donors (Lipinski definition) is 1. The lowest BCUT2D eigenvalue weighted by Gasteiger charge is -2.39. The molecular weight excluding hydrogens is 236 g/mol. The fraction of sp³-hybridized carbons (Fsp3) is 0.938. The Morgan fingerprint density at radius 1 is 1.16 bits per heavy atom. The first-order valence-corrected chi connectivity index (χ1v) is 8.02. The second kappa shape index (κ2) is 4.76. The summed E-state index contributed by atoms with van der Waals surface area (Å²) in [7, 11) is 0. The molecule has 0 aromatic heterocycles. The van der Waals surface area contributed by atoms with Crippen LogP contribution in [0.5, 0.6) is 0 Å². The van der Waals surface area contributed by atoms with Gasteiger partial charge in [-0.15, -0.1) is 0 Å². The molecule has 0 spiro atoms. The molecule has 0 aromatic carbocycles. The molecule has 1 N–H and O–H groups in total. The number of nitrogens with zero attached hydrogens (tertiary/aromatic N) is 1. The lowest BCUT2D eigenvalue weighted by atomic mass is 9.81. The molecule has 3 aliphatic rings. The highest BCUT2D eigenvalue weighted by molar-refractivity contribution is 5.80. The smallest absolute Gasteiger partial charge is 0.226 e. The molecule has 0 bridgehead atoms. The van der Waals surface area contributed by atoms with E-state index in [4.69, 9.17) is 0 Å². The third-order valence-electron chi connectivity index (χ3n) is 5.99. The number of rotatable bonds is 1. The average molecular weight is 264 g/mol. The summed E-state index contributed by atoms with van der Waals surface area (Å²) in [6.07, 6.45) is 4.69. The topological polar surface area (TPSA) is 32.3 Å². The van der Waals surface area contributed by atoms with Crippen LogP contribution in [0.2, 0.25) is 0 Å². The third-order valence-corrected chi connectivity index (χ3v) is 5.99. The number of amides is 1. The third kappa shape index (κ3) is 2.20. The van der Waals surface area contributed by atoms with Crippen LogP contribution in [0, 0.1) is 23.7 Å². The molecule has 2 heterocycles. The summed E-state index contributed by atoms with van der Waals surface area (Å²) >= 11 is 0. The van der Waals surface area contributed by atoms with E-state index in [2.05, 4.69) is 31.0 Å². The summed E-state index contributed by atoms with van der Waals surface area (Å²) in [6.45, 7) is 10.0. The Balaban J connectivity index is 1.70. The van der Waals surface area contributed by atoms with Crippen LogP contribution in [-0.2, 0) is 4.79 Å². The van der Waals surface area contributed by atoms with Crippen molar-refractivity contribution >= 4 is 5.91 Å². The van der Waals surface area contributed by atoms with Crippen molar-refractivity contribution in [1.29, 1.82) is 0 Å². The van der Waals surface area contributed by atoms with Crippen LogP contribution < -0.4 is 5.32 Å². The molecule has 2 atom stereocenters.